The average molecular weight is 375 g/mol. The van der Waals surface area contributed by atoms with Crippen molar-refractivity contribution in [3.8, 4) is 0 Å². The third-order valence-electron chi connectivity index (χ3n) is 5.36. The summed E-state index contributed by atoms with van der Waals surface area (Å²) in [6.45, 7) is 8.26. The van der Waals surface area contributed by atoms with E-state index >= 15 is 0 Å². The molecule has 2 aromatic rings. The summed E-state index contributed by atoms with van der Waals surface area (Å²) in [5, 5.41) is 2.78. The second kappa shape index (κ2) is 7.93. The Hall–Kier alpha value is -3.01. The molecule has 0 heterocycles. The molecule has 0 atom stereocenters. The Bertz CT molecular complexity index is 956. The van der Waals surface area contributed by atoms with Crippen LogP contribution in [0.5, 0.6) is 0 Å². The van der Waals surface area contributed by atoms with Crippen LogP contribution in [0.3, 0.4) is 0 Å². The summed E-state index contributed by atoms with van der Waals surface area (Å²) in [4.78, 5) is 37.4. The summed E-state index contributed by atoms with van der Waals surface area (Å²) in [6.07, 6.45) is 3.65. The van der Waals surface area contributed by atoms with Crippen molar-refractivity contribution < 1.29 is 14.4 Å². The summed E-state index contributed by atoms with van der Waals surface area (Å²) in [5.41, 5.74) is 2.66. The van der Waals surface area contributed by atoms with Crippen molar-refractivity contribution in [2.75, 3.05) is 6.54 Å². The number of carbonyl (C=O) groups is 3. The van der Waals surface area contributed by atoms with Gasteiger partial charge in [0, 0.05) is 35.2 Å². The Balaban J connectivity index is 1.79. The van der Waals surface area contributed by atoms with Crippen LogP contribution in [0.2, 0.25) is 0 Å². The quantitative estimate of drug-likeness (QED) is 0.629. The minimum Gasteiger partial charge on any atom is -0.353 e. The zero-order chi connectivity index (χ0) is 20.3. The number of hydrogen-bond donors (Lipinski definition) is 1. The number of nitrogens with one attached hydrogen (secondary N) is 1. The predicted octanol–water partition coefficient (Wildman–Crippen LogP) is 4.21. The number of fused-ring (bicyclic) bond motifs is 2. The summed E-state index contributed by atoms with van der Waals surface area (Å²) >= 11 is 0. The van der Waals surface area contributed by atoms with Gasteiger partial charge in [0.2, 0.25) is 5.91 Å². The van der Waals surface area contributed by atoms with E-state index in [-0.39, 0.29) is 22.9 Å². The molecule has 0 aromatic heterocycles. The van der Waals surface area contributed by atoms with Gasteiger partial charge in [-0.15, -0.1) is 6.58 Å². The van der Waals surface area contributed by atoms with E-state index in [1.807, 2.05) is 12.1 Å². The molecule has 1 aliphatic carbocycles. The number of carbonyl (C=O) groups excluding carboxylic acids is 3. The van der Waals surface area contributed by atoms with Crippen LogP contribution in [-0.4, -0.2) is 24.0 Å². The molecule has 1 N–H and O–H groups in total. The van der Waals surface area contributed by atoms with Crippen molar-refractivity contribution in [2.45, 2.75) is 38.5 Å². The van der Waals surface area contributed by atoms with Crippen LogP contribution in [0, 0.1) is 0 Å². The molecule has 3 rings (SSSR count). The van der Waals surface area contributed by atoms with Crippen molar-refractivity contribution in [1.82, 2.24) is 5.32 Å². The number of ketones is 2. The number of rotatable bonds is 7. The van der Waals surface area contributed by atoms with Gasteiger partial charge in [-0.25, -0.2) is 0 Å². The Kier molecular flexibility index (Phi) is 5.59. The van der Waals surface area contributed by atoms with Crippen LogP contribution in [0.4, 0.5) is 0 Å². The first-order valence-corrected chi connectivity index (χ1v) is 9.55. The maximum Gasteiger partial charge on any atom is 0.220 e. The monoisotopic (exact) mass is 375 g/mol. The van der Waals surface area contributed by atoms with Gasteiger partial charge in [-0.3, -0.25) is 14.4 Å². The Morgan fingerprint density at radius 2 is 1.61 bits per heavy atom. The highest BCUT2D eigenvalue weighted by Gasteiger charge is 2.31. The first-order chi connectivity index (χ1) is 13.3. The highest BCUT2D eigenvalue weighted by Crippen LogP contribution is 2.34. The van der Waals surface area contributed by atoms with Crippen LogP contribution >= 0.6 is 0 Å². The Morgan fingerprint density at radius 1 is 1.00 bits per heavy atom. The van der Waals surface area contributed by atoms with Crippen LogP contribution in [0.25, 0.3) is 0 Å². The summed E-state index contributed by atoms with van der Waals surface area (Å²) in [6, 6.07) is 12.5. The Morgan fingerprint density at radius 3 is 2.25 bits per heavy atom. The molecule has 1 amide bonds. The molecule has 0 saturated heterocycles. The number of amides is 1. The normalized spacial score (nSPS) is 12.9. The largest absolute Gasteiger partial charge is 0.353 e. The van der Waals surface area contributed by atoms with E-state index < -0.39 is 0 Å². The lowest BCUT2D eigenvalue weighted by molar-refractivity contribution is -0.121. The van der Waals surface area contributed by atoms with Crippen LogP contribution in [0.15, 0.2) is 55.1 Å². The predicted molar refractivity (Wildman–Crippen MR) is 110 cm³/mol. The molecule has 2 aromatic carbocycles. The van der Waals surface area contributed by atoms with E-state index in [1.54, 1.807) is 36.4 Å². The SMILES string of the molecule is C=CCNC(=O)CCCC(C)(C)c1ccc2c(c1)C(=O)c1ccccc1C2=O. The van der Waals surface area contributed by atoms with Crippen molar-refractivity contribution in [1.29, 1.82) is 0 Å². The van der Waals surface area contributed by atoms with Crippen LogP contribution < -0.4 is 5.32 Å². The summed E-state index contributed by atoms with van der Waals surface area (Å²) < 4.78 is 0. The molecule has 0 spiro atoms. The molecule has 1 aliphatic rings. The lowest BCUT2D eigenvalue weighted by atomic mass is 9.76. The van der Waals surface area contributed by atoms with Crippen LogP contribution in [-0.2, 0) is 10.2 Å². The van der Waals surface area contributed by atoms with E-state index in [0.29, 0.717) is 35.2 Å². The van der Waals surface area contributed by atoms with Crippen LogP contribution in [0.1, 0.15) is 70.5 Å². The molecular formula is C24H25NO3. The minimum atomic E-state index is -0.214. The fourth-order valence-corrected chi connectivity index (χ4v) is 3.63. The zero-order valence-electron chi connectivity index (χ0n) is 16.4. The first-order valence-electron chi connectivity index (χ1n) is 9.55. The van der Waals surface area contributed by atoms with E-state index in [2.05, 4.69) is 25.7 Å². The second-order valence-electron chi connectivity index (χ2n) is 7.79. The van der Waals surface area contributed by atoms with Crippen molar-refractivity contribution >= 4 is 17.5 Å². The van der Waals surface area contributed by atoms with Gasteiger partial charge in [0.15, 0.2) is 11.6 Å². The van der Waals surface area contributed by atoms with Crippen molar-refractivity contribution in [3.05, 3.63) is 82.9 Å². The van der Waals surface area contributed by atoms with Gasteiger partial charge in [-0.05, 0) is 36.0 Å². The van der Waals surface area contributed by atoms with Gasteiger partial charge < -0.3 is 5.32 Å². The third kappa shape index (κ3) is 3.81. The maximum absolute atomic E-state index is 12.9. The van der Waals surface area contributed by atoms with Gasteiger partial charge in [-0.1, -0.05) is 50.3 Å². The fraction of sp³-hybridized carbons (Fsp3) is 0.292. The lowest BCUT2D eigenvalue weighted by Gasteiger charge is -2.27. The topological polar surface area (TPSA) is 63.2 Å². The molecule has 0 unspecified atom stereocenters. The Labute approximate surface area is 165 Å². The smallest absolute Gasteiger partial charge is 0.220 e. The van der Waals surface area contributed by atoms with Gasteiger partial charge >= 0.3 is 0 Å². The van der Waals surface area contributed by atoms with Crippen molar-refractivity contribution in [2.24, 2.45) is 0 Å². The van der Waals surface area contributed by atoms with E-state index in [9.17, 15) is 14.4 Å². The molecule has 144 valence electrons. The first kappa shape index (κ1) is 19.7. The van der Waals surface area contributed by atoms with E-state index in [4.69, 9.17) is 0 Å². The number of benzene rings is 2. The molecule has 0 aliphatic heterocycles. The molecule has 0 bridgehead atoms. The standard InChI is InChI=1S/C24H25NO3/c1-4-14-25-21(26)10-7-13-24(2,3)16-11-12-19-20(15-16)23(28)18-9-6-5-8-17(18)22(19)27/h4-6,8-9,11-12,15H,1,7,10,13-14H2,2-3H3,(H,25,26). The average Bonchev–Trinajstić information content (AvgIpc) is 2.70. The van der Waals surface area contributed by atoms with Crippen molar-refractivity contribution in [3.63, 3.8) is 0 Å². The highest BCUT2D eigenvalue weighted by molar-refractivity contribution is 6.28. The van der Waals surface area contributed by atoms with Gasteiger partial charge in [0.1, 0.15) is 0 Å². The maximum atomic E-state index is 12.9. The molecule has 0 fully saturated rings. The van der Waals surface area contributed by atoms with E-state index in [1.165, 1.54) is 0 Å². The van der Waals surface area contributed by atoms with Gasteiger partial charge in [-0.2, -0.15) is 0 Å². The molecule has 0 saturated carbocycles. The molecule has 4 nitrogen and oxygen atoms in total. The fourth-order valence-electron chi connectivity index (χ4n) is 3.63. The molecule has 28 heavy (non-hydrogen) atoms. The molecule has 0 radical (unpaired) electrons. The lowest BCUT2D eigenvalue weighted by Crippen LogP contribution is -2.25. The summed E-state index contributed by atoms with van der Waals surface area (Å²) in [5.74, 6) is -0.196. The van der Waals surface area contributed by atoms with Gasteiger partial charge in [0.25, 0.3) is 0 Å². The molecular weight excluding hydrogens is 350 g/mol. The molecule has 4 heteroatoms. The second-order valence-corrected chi connectivity index (χ2v) is 7.79. The minimum absolute atomic E-state index is 0.0125. The summed E-state index contributed by atoms with van der Waals surface area (Å²) in [7, 11) is 0. The third-order valence-corrected chi connectivity index (χ3v) is 5.36. The zero-order valence-corrected chi connectivity index (χ0v) is 16.4. The van der Waals surface area contributed by atoms with E-state index in [0.717, 1.165) is 18.4 Å². The number of hydrogen-bond acceptors (Lipinski definition) is 3. The highest BCUT2D eigenvalue weighted by atomic mass is 16.2. The van der Waals surface area contributed by atoms with Gasteiger partial charge in [0.05, 0.1) is 0 Å².